The maximum atomic E-state index is 12.5. The fourth-order valence-electron chi connectivity index (χ4n) is 3.20. The molecule has 0 atom stereocenters. The van der Waals surface area contributed by atoms with Crippen LogP contribution in [-0.2, 0) is 24.3 Å². The first-order valence-electron chi connectivity index (χ1n) is 7.57. The lowest BCUT2D eigenvalue weighted by Crippen LogP contribution is -2.38. The maximum Gasteiger partial charge on any atom is 0.244 e. The Balaban J connectivity index is 1.55. The van der Waals surface area contributed by atoms with E-state index in [0.717, 1.165) is 29.9 Å². The third-order valence-corrected chi connectivity index (χ3v) is 4.31. The molecule has 0 spiro atoms. The molecule has 1 aliphatic rings. The van der Waals surface area contributed by atoms with Crippen molar-refractivity contribution in [1.29, 1.82) is 0 Å². The number of rotatable bonds is 2. The molecule has 1 amide bonds. The molecule has 1 aromatic carbocycles. The van der Waals surface area contributed by atoms with Gasteiger partial charge in [0, 0.05) is 29.3 Å². The minimum atomic E-state index is 0.118. The highest BCUT2D eigenvalue weighted by molar-refractivity contribution is 5.85. The van der Waals surface area contributed by atoms with Gasteiger partial charge in [-0.2, -0.15) is 5.10 Å². The van der Waals surface area contributed by atoms with Crippen LogP contribution in [0, 0.1) is 6.92 Å². The topological polar surface area (TPSA) is 53.9 Å². The normalized spacial score (nSPS) is 14.3. The van der Waals surface area contributed by atoms with Crippen molar-refractivity contribution in [3.63, 3.8) is 0 Å². The van der Waals surface area contributed by atoms with E-state index in [4.69, 9.17) is 0 Å². The molecular weight excluding hydrogens is 276 g/mol. The van der Waals surface area contributed by atoms with Crippen molar-refractivity contribution in [3.8, 4) is 0 Å². The van der Waals surface area contributed by atoms with Crippen molar-refractivity contribution in [2.75, 3.05) is 6.54 Å². The Morgan fingerprint density at radius 2 is 2.18 bits per heavy atom. The summed E-state index contributed by atoms with van der Waals surface area (Å²) in [5.41, 5.74) is 4.61. The Hall–Kier alpha value is -2.56. The van der Waals surface area contributed by atoms with Crippen molar-refractivity contribution in [1.82, 2.24) is 19.7 Å². The van der Waals surface area contributed by atoms with E-state index >= 15 is 0 Å². The molecule has 0 aliphatic carbocycles. The largest absolute Gasteiger partial charge is 0.357 e. The van der Waals surface area contributed by atoms with E-state index in [1.807, 2.05) is 30.2 Å². The summed E-state index contributed by atoms with van der Waals surface area (Å²) >= 11 is 0. The third-order valence-electron chi connectivity index (χ3n) is 4.31. The highest BCUT2D eigenvalue weighted by atomic mass is 16.2. The van der Waals surface area contributed by atoms with Crippen molar-refractivity contribution in [2.24, 2.45) is 0 Å². The molecule has 3 aromatic rings. The number of nitrogens with one attached hydrogen (secondary N) is 1. The average Bonchev–Trinajstić information content (AvgIpc) is 3.09. The molecule has 0 fully saturated rings. The predicted octanol–water partition coefficient (Wildman–Crippen LogP) is 2.26. The van der Waals surface area contributed by atoms with Gasteiger partial charge in [0.05, 0.1) is 12.2 Å². The molecule has 4 rings (SSSR count). The second-order valence-electron chi connectivity index (χ2n) is 5.85. The fourth-order valence-corrected chi connectivity index (χ4v) is 3.20. The van der Waals surface area contributed by atoms with Gasteiger partial charge in [0.1, 0.15) is 6.54 Å². The first kappa shape index (κ1) is 13.1. The highest BCUT2D eigenvalue weighted by Gasteiger charge is 2.23. The van der Waals surface area contributed by atoms with Gasteiger partial charge in [-0.05, 0) is 31.0 Å². The van der Waals surface area contributed by atoms with Crippen LogP contribution in [0.4, 0.5) is 0 Å². The lowest BCUT2D eigenvalue weighted by Gasteiger charge is -2.27. The van der Waals surface area contributed by atoms with Gasteiger partial charge >= 0.3 is 0 Å². The van der Waals surface area contributed by atoms with Gasteiger partial charge in [-0.3, -0.25) is 9.48 Å². The summed E-state index contributed by atoms with van der Waals surface area (Å²) in [5, 5.41) is 5.57. The Bertz CT molecular complexity index is 845. The monoisotopic (exact) mass is 294 g/mol. The van der Waals surface area contributed by atoms with Crippen molar-refractivity contribution in [2.45, 2.75) is 26.4 Å². The molecule has 1 aliphatic heterocycles. The molecule has 22 heavy (non-hydrogen) atoms. The van der Waals surface area contributed by atoms with E-state index < -0.39 is 0 Å². The number of H-pyrrole nitrogens is 1. The van der Waals surface area contributed by atoms with Gasteiger partial charge < -0.3 is 9.88 Å². The quantitative estimate of drug-likeness (QED) is 0.788. The second-order valence-corrected chi connectivity index (χ2v) is 5.85. The van der Waals surface area contributed by atoms with Crippen LogP contribution in [0.2, 0.25) is 0 Å². The molecule has 0 bridgehead atoms. The van der Waals surface area contributed by atoms with Crippen molar-refractivity contribution < 1.29 is 4.79 Å². The van der Waals surface area contributed by atoms with Crippen molar-refractivity contribution >= 4 is 16.8 Å². The van der Waals surface area contributed by atoms with Crippen LogP contribution in [0.25, 0.3) is 10.9 Å². The molecule has 112 valence electrons. The summed E-state index contributed by atoms with van der Waals surface area (Å²) in [6, 6.07) is 10.3. The summed E-state index contributed by atoms with van der Waals surface area (Å²) in [6.07, 6.45) is 2.76. The van der Waals surface area contributed by atoms with E-state index in [2.05, 4.69) is 28.3 Å². The predicted molar refractivity (Wildman–Crippen MR) is 84.4 cm³/mol. The van der Waals surface area contributed by atoms with Crippen LogP contribution in [0.5, 0.6) is 0 Å². The van der Waals surface area contributed by atoms with E-state index in [1.165, 1.54) is 10.9 Å². The number of aromatic nitrogens is 3. The van der Waals surface area contributed by atoms with Crippen LogP contribution in [-0.4, -0.2) is 32.1 Å². The lowest BCUT2D eigenvalue weighted by molar-refractivity contribution is -0.133. The van der Waals surface area contributed by atoms with Gasteiger partial charge in [0.25, 0.3) is 0 Å². The molecule has 3 heterocycles. The Kier molecular flexibility index (Phi) is 2.99. The van der Waals surface area contributed by atoms with Gasteiger partial charge in [0.15, 0.2) is 0 Å². The third kappa shape index (κ3) is 2.19. The molecule has 0 saturated carbocycles. The first-order chi connectivity index (χ1) is 10.7. The van der Waals surface area contributed by atoms with Crippen LogP contribution in [0.15, 0.2) is 36.5 Å². The van der Waals surface area contributed by atoms with E-state index in [0.29, 0.717) is 13.1 Å². The molecule has 0 saturated heterocycles. The lowest BCUT2D eigenvalue weighted by atomic mass is 10.0. The second kappa shape index (κ2) is 5.02. The number of aromatic amines is 1. The summed E-state index contributed by atoms with van der Waals surface area (Å²) in [5.74, 6) is 0.118. The minimum Gasteiger partial charge on any atom is -0.357 e. The maximum absolute atomic E-state index is 12.5. The number of para-hydroxylation sites is 1. The molecule has 5 nitrogen and oxygen atoms in total. The summed E-state index contributed by atoms with van der Waals surface area (Å²) < 4.78 is 1.71. The first-order valence-corrected chi connectivity index (χ1v) is 7.57. The standard InChI is InChI=1S/C17H18N4O/c1-12-6-9-21(19-12)11-17(22)20-8-7-14-13-4-2-3-5-15(13)18-16(14)10-20/h2-6,9,18H,7-8,10-11H2,1H3. The number of fused-ring (bicyclic) bond motifs is 3. The highest BCUT2D eigenvalue weighted by Crippen LogP contribution is 2.27. The van der Waals surface area contributed by atoms with Crippen LogP contribution in [0.1, 0.15) is 17.0 Å². The number of amides is 1. The fraction of sp³-hybridized carbons (Fsp3) is 0.294. The molecule has 2 aromatic heterocycles. The number of carbonyl (C=O) groups is 1. The van der Waals surface area contributed by atoms with Gasteiger partial charge in [-0.1, -0.05) is 18.2 Å². The Labute approximate surface area is 128 Å². The van der Waals surface area contributed by atoms with Gasteiger partial charge in [-0.25, -0.2) is 0 Å². The van der Waals surface area contributed by atoms with E-state index in [-0.39, 0.29) is 5.91 Å². The van der Waals surface area contributed by atoms with E-state index in [9.17, 15) is 4.79 Å². The van der Waals surface area contributed by atoms with Crippen molar-refractivity contribution in [3.05, 3.63) is 53.5 Å². The number of hydrogen-bond donors (Lipinski definition) is 1. The van der Waals surface area contributed by atoms with Gasteiger partial charge in [-0.15, -0.1) is 0 Å². The van der Waals surface area contributed by atoms with Crippen LogP contribution < -0.4 is 0 Å². The average molecular weight is 294 g/mol. The van der Waals surface area contributed by atoms with Crippen LogP contribution in [0.3, 0.4) is 0 Å². The summed E-state index contributed by atoms with van der Waals surface area (Å²) in [6.45, 7) is 3.67. The number of nitrogens with zero attached hydrogens (tertiary/aromatic N) is 3. The SMILES string of the molecule is Cc1ccn(CC(=O)N2CCc3c([nH]c4ccccc34)C2)n1. The molecule has 0 radical (unpaired) electrons. The number of benzene rings is 1. The smallest absolute Gasteiger partial charge is 0.244 e. The summed E-state index contributed by atoms with van der Waals surface area (Å²) in [7, 11) is 0. The molecule has 5 heteroatoms. The number of aryl methyl sites for hydroxylation is 1. The number of hydrogen-bond acceptors (Lipinski definition) is 2. The Morgan fingerprint density at radius 1 is 1.32 bits per heavy atom. The van der Waals surface area contributed by atoms with Crippen LogP contribution >= 0.6 is 0 Å². The zero-order valence-corrected chi connectivity index (χ0v) is 12.5. The molecule has 1 N–H and O–H groups in total. The Morgan fingerprint density at radius 3 is 3.00 bits per heavy atom. The minimum absolute atomic E-state index is 0.118. The zero-order valence-electron chi connectivity index (χ0n) is 12.5. The summed E-state index contributed by atoms with van der Waals surface area (Å²) in [4.78, 5) is 17.8. The molecular formula is C17H18N4O. The zero-order chi connectivity index (χ0) is 15.1. The number of carbonyl (C=O) groups excluding carboxylic acids is 1. The molecule has 0 unspecified atom stereocenters. The van der Waals surface area contributed by atoms with E-state index in [1.54, 1.807) is 4.68 Å². The van der Waals surface area contributed by atoms with Gasteiger partial charge in [0.2, 0.25) is 5.91 Å².